The highest BCUT2D eigenvalue weighted by atomic mass is 16.5. The van der Waals surface area contributed by atoms with E-state index in [0.29, 0.717) is 22.6 Å². The Morgan fingerprint density at radius 2 is 1.85 bits per heavy atom. The summed E-state index contributed by atoms with van der Waals surface area (Å²) in [6, 6.07) is 11.8. The molecule has 0 saturated heterocycles. The van der Waals surface area contributed by atoms with E-state index in [9.17, 15) is 9.59 Å². The normalized spacial score (nSPS) is 10.6. The molecule has 2 aromatic carbocycles. The van der Waals surface area contributed by atoms with Gasteiger partial charge in [-0.2, -0.15) is 0 Å². The van der Waals surface area contributed by atoms with Crippen molar-refractivity contribution in [3.05, 3.63) is 69.6 Å². The van der Waals surface area contributed by atoms with Gasteiger partial charge in [0.2, 0.25) is 0 Å². The topological polar surface area (TPSA) is 75.0 Å². The van der Waals surface area contributed by atoms with Crippen LogP contribution in [0.4, 0.5) is 0 Å². The number of rotatable bonds is 6. The summed E-state index contributed by atoms with van der Waals surface area (Å²) in [6.45, 7) is 1.97. The molecule has 6 nitrogen and oxygen atoms in total. The number of carbonyl (C=O) groups is 1. The number of esters is 1. The van der Waals surface area contributed by atoms with Gasteiger partial charge in [-0.05, 0) is 30.2 Å². The van der Waals surface area contributed by atoms with Crippen LogP contribution in [-0.4, -0.2) is 20.2 Å². The minimum absolute atomic E-state index is 0.0540. The first-order valence-corrected chi connectivity index (χ1v) is 8.50. The molecule has 0 fully saturated rings. The molecule has 0 radical (unpaired) electrons. The minimum Gasteiger partial charge on any atom is -0.497 e. The van der Waals surface area contributed by atoms with Crippen molar-refractivity contribution in [3.8, 4) is 11.5 Å². The maximum Gasteiger partial charge on any atom is 0.342 e. The first kappa shape index (κ1) is 18.5. The van der Waals surface area contributed by atoms with Crippen molar-refractivity contribution in [2.45, 2.75) is 20.0 Å². The van der Waals surface area contributed by atoms with Crippen molar-refractivity contribution in [2.75, 3.05) is 14.2 Å². The van der Waals surface area contributed by atoms with E-state index in [1.165, 1.54) is 20.3 Å². The first-order valence-electron chi connectivity index (χ1n) is 8.50. The summed E-state index contributed by atoms with van der Waals surface area (Å²) in [5.41, 5.74) is 1.92. The van der Waals surface area contributed by atoms with E-state index in [1.54, 1.807) is 18.2 Å². The summed E-state index contributed by atoms with van der Waals surface area (Å²) in [4.78, 5) is 24.3. The second-order valence-corrected chi connectivity index (χ2v) is 5.92. The quantitative estimate of drug-likeness (QED) is 0.487. The summed E-state index contributed by atoms with van der Waals surface area (Å²) in [5, 5.41) is 0.737. The summed E-state index contributed by atoms with van der Waals surface area (Å²) in [6.07, 6.45) is 0.829. The Morgan fingerprint density at radius 1 is 1.04 bits per heavy atom. The molecule has 0 N–H and O–H groups in total. The molecule has 0 aliphatic heterocycles. The average Bonchev–Trinajstić information content (AvgIpc) is 2.70. The van der Waals surface area contributed by atoms with Crippen molar-refractivity contribution < 1.29 is 23.4 Å². The first-order chi connectivity index (χ1) is 13.0. The third kappa shape index (κ3) is 3.95. The lowest BCUT2D eigenvalue weighted by Crippen LogP contribution is -2.09. The Hall–Kier alpha value is -3.28. The highest BCUT2D eigenvalue weighted by Crippen LogP contribution is 2.26. The van der Waals surface area contributed by atoms with Gasteiger partial charge in [0, 0.05) is 23.1 Å². The fourth-order valence-electron chi connectivity index (χ4n) is 2.80. The smallest absolute Gasteiger partial charge is 0.342 e. The van der Waals surface area contributed by atoms with Crippen LogP contribution < -0.4 is 15.1 Å². The largest absolute Gasteiger partial charge is 0.497 e. The SMILES string of the molecule is CCc1ccc2c(COC(=O)c3ccc(OC)cc3OC)cc(=O)oc2c1. The molecule has 27 heavy (non-hydrogen) atoms. The molecule has 6 heteroatoms. The number of aryl methyl sites for hydroxylation is 1. The summed E-state index contributed by atoms with van der Waals surface area (Å²) < 4.78 is 21.0. The third-order valence-electron chi connectivity index (χ3n) is 4.29. The van der Waals surface area contributed by atoms with E-state index < -0.39 is 11.6 Å². The third-order valence-corrected chi connectivity index (χ3v) is 4.29. The van der Waals surface area contributed by atoms with Crippen LogP contribution in [0.25, 0.3) is 11.0 Å². The predicted molar refractivity (Wildman–Crippen MR) is 101 cm³/mol. The fourth-order valence-corrected chi connectivity index (χ4v) is 2.80. The number of methoxy groups -OCH3 is 2. The van der Waals surface area contributed by atoms with Crippen LogP contribution in [0.3, 0.4) is 0 Å². The van der Waals surface area contributed by atoms with E-state index in [2.05, 4.69) is 0 Å². The van der Waals surface area contributed by atoms with Gasteiger partial charge in [-0.3, -0.25) is 0 Å². The highest BCUT2D eigenvalue weighted by Gasteiger charge is 2.16. The van der Waals surface area contributed by atoms with E-state index in [-0.39, 0.29) is 12.2 Å². The molecule has 0 bridgehead atoms. The van der Waals surface area contributed by atoms with Crippen LogP contribution in [0.15, 0.2) is 51.7 Å². The number of carbonyl (C=O) groups excluding carboxylic acids is 1. The van der Waals surface area contributed by atoms with E-state index in [4.69, 9.17) is 18.6 Å². The molecule has 1 heterocycles. The maximum atomic E-state index is 12.5. The summed E-state index contributed by atoms with van der Waals surface area (Å²) >= 11 is 0. The molecule has 0 spiro atoms. The molecule has 0 saturated carbocycles. The van der Waals surface area contributed by atoms with Crippen molar-refractivity contribution in [1.29, 1.82) is 0 Å². The number of ether oxygens (including phenoxy) is 3. The molecule has 0 atom stereocenters. The Balaban J connectivity index is 1.86. The van der Waals surface area contributed by atoms with Crippen LogP contribution in [0.1, 0.15) is 28.4 Å². The molecule has 3 rings (SSSR count). The van der Waals surface area contributed by atoms with Gasteiger partial charge in [-0.25, -0.2) is 9.59 Å². The van der Waals surface area contributed by atoms with Crippen LogP contribution in [0, 0.1) is 0 Å². The molecule has 3 aromatic rings. The summed E-state index contributed by atoms with van der Waals surface area (Å²) in [5.74, 6) is 0.368. The fraction of sp³-hybridized carbons (Fsp3) is 0.238. The van der Waals surface area contributed by atoms with Crippen molar-refractivity contribution >= 4 is 16.9 Å². The van der Waals surface area contributed by atoms with Crippen molar-refractivity contribution in [1.82, 2.24) is 0 Å². The van der Waals surface area contributed by atoms with Crippen LogP contribution >= 0.6 is 0 Å². The van der Waals surface area contributed by atoms with Crippen LogP contribution in [0.5, 0.6) is 11.5 Å². The lowest BCUT2D eigenvalue weighted by Gasteiger charge is -2.11. The molecular formula is C21H20O6. The summed E-state index contributed by atoms with van der Waals surface area (Å²) in [7, 11) is 3.00. The molecule has 0 amide bonds. The molecule has 0 aliphatic carbocycles. The Labute approximate surface area is 156 Å². The standard InChI is InChI=1S/C21H20O6/c1-4-13-5-7-16-14(10-20(22)27-19(16)9-13)12-26-21(23)17-8-6-15(24-2)11-18(17)25-3/h5-11H,4,12H2,1-3H3. The van der Waals surface area contributed by atoms with Gasteiger partial charge in [0.15, 0.2) is 0 Å². The van der Waals surface area contributed by atoms with Crippen molar-refractivity contribution in [3.63, 3.8) is 0 Å². The van der Waals surface area contributed by atoms with Gasteiger partial charge >= 0.3 is 11.6 Å². The van der Waals surface area contributed by atoms with E-state index in [1.807, 2.05) is 25.1 Å². The maximum absolute atomic E-state index is 12.5. The van der Waals surface area contributed by atoms with Gasteiger partial charge in [0.05, 0.1) is 14.2 Å². The molecule has 0 aliphatic rings. The van der Waals surface area contributed by atoms with E-state index in [0.717, 1.165) is 17.4 Å². The second-order valence-electron chi connectivity index (χ2n) is 5.92. The zero-order valence-electron chi connectivity index (χ0n) is 15.4. The second kappa shape index (κ2) is 7.95. The highest BCUT2D eigenvalue weighted by molar-refractivity contribution is 5.93. The number of hydrogen-bond donors (Lipinski definition) is 0. The predicted octanol–water partition coefficient (Wildman–Crippen LogP) is 3.73. The van der Waals surface area contributed by atoms with Gasteiger partial charge in [0.1, 0.15) is 29.3 Å². The van der Waals surface area contributed by atoms with Crippen LogP contribution in [0.2, 0.25) is 0 Å². The van der Waals surface area contributed by atoms with Gasteiger partial charge in [0.25, 0.3) is 0 Å². The molecule has 1 aromatic heterocycles. The van der Waals surface area contributed by atoms with Crippen LogP contribution in [-0.2, 0) is 17.8 Å². The number of fused-ring (bicyclic) bond motifs is 1. The Bertz CT molecular complexity index is 1030. The van der Waals surface area contributed by atoms with Gasteiger partial charge in [-0.1, -0.05) is 19.1 Å². The average molecular weight is 368 g/mol. The zero-order valence-corrected chi connectivity index (χ0v) is 15.4. The monoisotopic (exact) mass is 368 g/mol. The van der Waals surface area contributed by atoms with E-state index >= 15 is 0 Å². The molecule has 0 unspecified atom stereocenters. The lowest BCUT2D eigenvalue weighted by atomic mass is 10.1. The Morgan fingerprint density at radius 3 is 2.56 bits per heavy atom. The number of hydrogen-bond acceptors (Lipinski definition) is 6. The molecule has 140 valence electrons. The number of benzene rings is 2. The lowest BCUT2D eigenvalue weighted by molar-refractivity contribution is 0.0470. The zero-order chi connectivity index (χ0) is 19.4. The minimum atomic E-state index is -0.555. The van der Waals surface area contributed by atoms with Gasteiger partial charge in [-0.15, -0.1) is 0 Å². The van der Waals surface area contributed by atoms with Crippen molar-refractivity contribution in [2.24, 2.45) is 0 Å². The molecular weight excluding hydrogens is 348 g/mol. The Kier molecular flexibility index (Phi) is 5.45. The van der Waals surface area contributed by atoms with Gasteiger partial charge < -0.3 is 18.6 Å².